The van der Waals surface area contributed by atoms with Gasteiger partial charge in [-0.15, -0.1) is 0 Å². The highest BCUT2D eigenvalue weighted by Gasteiger charge is 2.30. The molecule has 0 aliphatic carbocycles. The molecule has 0 N–H and O–H groups in total. The molecule has 1 atom stereocenters. The summed E-state index contributed by atoms with van der Waals surface area (Å²) in [7, 11) is 1.64. The molecule has 3 aromatic rings. The second kappa shape index (κ2) is 7.76. The van der Waals surface area contributed by atoms with Crippen LogP contribution >= 0.6 is 0 Å². The fourth-order valence-electron chi connectivity index (χ4n) is 3.84. The maximum Gasteiger partial charge on any atom is 0.350 e. The van der Waals surface area contributed by atoms with Gasteiger partial charge in [-0.1, -0.05) is 24.3 Å². The molecule has 7 nitrogen and oxygen atoms in total. The van der Waals surface area contributed by atoms with Crippen molar-refractivity contribution in [1.82, 2.24) is 19.2 Å². The van der Waals surface area contributed by atoms with E-state index in [1.54, 1.807) is 40.8 Å². The van der Waals surface area contributed by atoms with Gasteiger partial charge in [0.1, 0.15) is 5.82 Å². The predicted molar refractivity (Wildman–Crippen MR) is 108 cm³/mol. The van der Waals surface area contributed by atoms with E-state index in [1.807, 2.05) is 30.3 Å². The molecule has 1 fully saturated rings. The molecule has 1 saturated heterocycles. The van der Waals surface area contributed by atoms with Crippen LogP contribution in [0.1, 0.15) is 40.5 Å². The number of piperidine rings is 1. The lowest BCUT2D eigenvalue weighted by Gasteiger charge is -2.32. The van der Waals surface area contributed by atoms with Gasteiger partial charge < -0.3 is 4.90 Å². The van der Waals surface area contributed by atoms with E-state index in [0.29, 0.717) is 30.0 Å². The van der Waals surface area contributed by atoms with Crippen LogP contribution in [0.3, 0.4) is 0 Å². The quantitative estimate of drug-likeness (QED) is 0.691. The summed E-state index contributed by atoms with van der Waals surface area (Å²) in [6, 6.07) is 18.3. The zero-order chi connectivity index (χ0) is 20.4. The monoisotopic (exact) mass is 387 g/mol. The maximum absolute atomic E-state index is 13.0. The largest absolute Gasteiger partial charge is 0.350 e. The van der Waals surface area contributed by atoms with E-state index in [0.717, 1.165) is 18.5 Å². The fraction of sp³-hybridized carbons (Fsp3) is 0.273. The van der Waals surface area contributed by atoms with Gasteiger partial charge >= 0.3 is 5.69 Å². The first kappa shape index (κ1) is 18.7. The molecule has 4 rings (SSSR count). The van der Waals surface area contributed by atoms with Crippen molar-refractivity contribution in [3.8, 4) is 11.8 Å². The number of hydrogen-bond donors (Lipinski definition) is 0. The van der Waals surface area contributed by atoms with Crippen molar-refractivity contribution in [3.63, 3.8) is 0 Å². The van der Waals surface area contributed by atoms with Crippen LogP contribution in [-0.4, -0.2) is 38.2 Å². The van der Waals surface area contributed by atoms with Crippen LogP contribution in [0.25, 0.3) is 5.69 Å². The average Bonchev–Trinajstić information content (AvgIpc) is 3.08. The molecule has 1 amide bonds. The number of rotatable bonds is 3. The Kier molecular flexibility index (Phi) is 5.00. The summed E-state index contributed by atoms with van der Waals surface area (Å²) in [6.45, 7) is 1.13. The number of para-hydroxylation sites is 1. The summed E-state index contributed by atoms with van der Waals surface area (Å²) in [6.07, 6.45) is 1.68. The number of carbonyl (C=O) groups is 1. The molecule has 0 saturated carbocycles. The standard InChI is InChI=1S/C22H21N5O2/c1-25-22(29)27(19-10-3-2-4-11-19)20(24-25)18-9-6-12-26(15-18)21(28)17-8-5-7-16(13-17)14-23/h2-5,7-8,10-11,13,18H,6,9,12,15H2,1H3/t18-/m1/s1. The van der Waals surface area contributed by atoms with Crippen molar-refractivity contribution in [2.75, 3.05) is 13.1 Å². The first-order valence-electron chi connectivity index (χ1n) is 9.59. The van der Waals surface area contributed by atoms with E-state index < -0.39 is 0 Å². The van der Waals surface area contributed by atoms with Gasteiger partial charge in [0, 0.05) is 31.6 Å². The van der Waals surface area contributed by atoms with Gasteiger partial charge in [0.05, 0.1) is 17.3 Å². The molecular weight excluding hydrogens is 366 g/mol. The third-order valence-corrected chi connectivity index (χ3v) is 5.28. The second-order valence-electron chi connectivity index (χ2n) is 7.22. The number of amides is 1. The molecule has 0 radical (unpaired) electrons. The fourth-order valence-corrected chi connectivity index (χ4v) is 3.84. The van der Waals surface area contributed by atoms with Crippen molar-refractivity contribution in [3.05, 3.63) is 82.0 Å². The number of aryl methyl sites for hydroxylation is 1. The number of aromatic nitrogens is 3. The third-order valence-electron chi connectivity index (χ3n) is 5.28. The van der Waals surface area contributed by atoms with Crippen molar-refractivity contribution in [2.45, 2.75) is 18.8 Å². The van der Waals surface area contributed by atoms with Gasteiger partial charge in [0.15, 0.2) is 0 Å². The Balaban J connectivity index is 1.64. The van der Waals surface area contributed by atoms with Gasteiger partial charge in [0.2, 0.25) is 0 Å². The number of benzene rings is 2. The lowest BCUT2D eigenvalue weighted by molar-refractivity contribution is 0.0703. The minimum atomic E-state index is -0.198. The minimum absolute atomic E-state index is 0.0408. The number of likely N-dealkylation sites (tertiary alicyclic amines) is 1. The molecule has 1 aromatic heterocycles. The highest BCUT2D eigenvalue weighted by Crippen LogP contribution is 2.27. The zero-order valence-electron chi connectivity index (χ0n) is 16.2. The molecule has 29 heavy (non-hydrogen) atoms. The first-order valence-corrected chi connectivity index (χ1v) is 9.59. The van der Waals surface area contributed by atoms with Crippen molar-refractivity contribution < 1.29 is 4.79 Å². The van der Waals surface area contributed by atoms with E-state index in [-0.39, 0.29) is 17.5 Å². The van der Waals surface area contributed by atoms with Gasteiger partial charge in [0.25, 0.3) is 5.91 Å². The van der Waals surface area contributed by atoms with Crippen molar-refractivity contribution in [1.29, 1.82) is 5.26 Å². The Morgan fingerprint density at radius 1 is 1.17 bits per heavy atom. The minimum Gasteiger partial charge on any atom is -0.338 e. The highest BCUT2D eigenvalue weighted by atomic mass is 16.2. The Bertz CT molecular complexity index is 1140. The summed E-state index contributed by atoms with van der Waals surface area (Å²) in [5.41, 5.74) is 1.54. The van der Waals surface area contributed by atoms with Crippen LogP contribution in [-0.2, 0) is 7.05 Å². The van der Waals surface area contributed by atoms with E-state index >= 15 is 0 Å². The molecule has 1 aliphatic heterocycles. The van der Waals surface area contributed by atoms with Crippen LogP contribution in [0.5, 0.6) is 0 Å². The molecule has 2 heterocycles. The zero-order valence-corrected chi connectivity index (χ0v) is 16.2. The average molecular weight is 387 g/mol. The highest BCUT2D eigenvalue weighted by molar-refractivity contribution is 5.94. The second-order valence-corrected chi connectivity index (χ2v) is 7.22. The first-order chi connectivity index (χ1) is 14.1. The molecule has 0 bridgehead atoms. The normalized spacial score (nSPS) is 16.4. The topological polar surface area (TPSA) is 83.9 Å². The summed E-state index contributed by atoms with van der Waals surface area (Å²) >= 11 is 0. The predicted octanol–water partition coefficient (Wildman–Crippen LogP) is 2.46. The van der Waals surface area contributed by atoms with Crippen molar-refractivity contribution in [2.24, 2.45) is 7.05 Å². The van der Waals surface area contributed by atoms with Gasteiger partial charge in [-0.2, -0.15) is 10.4 Å². The van der Waals surface area contributed by atoms with E-state index in [4.69, 9.17) is 5.26 Å². The SMILES string of the molecule is Cn1nc([C@@H]2CCCN(C(=O)c3cccc(C#N)c3)C2)n(-c2ccccc2)c1=O. The lowest BCUT2D eigenvalue weighted by Crippen LogP contribution is -2.40. The van der Waals surface area contributed by atoms with Crippen LogP contribution < -0.4 is 5.69 Å². The summed E-state index contributed by atoms with van der Waals surface area (Å²) in [5, 5.41) is 13.6. The molecule has 2 aromatic carbocycles. The summed E-state index contributed by atoms with van der Waals surface area (Å²) in [4.78, 5) is 27.5. The number of nitrogens with zero attached hydrogens (tertiary/aromatic N) is 5. The molecule has 0 unspecified atom stereocenters. The van der Waals surface area contributed by atoms with Gasteiger partial charge in [-0.3, -0.25) is 4.79 Å². The summed E-state index contributed by atoms with van der Waals surface area (Å²) in [5.74, 6) is 0.532. The van der Waals surface area contributed by atoms with Crippen LogP contribution in [0.4, 0.5) is 0 Å². The Morgan fingerprint density at radius 3 is 2.72 bits per heavy atom. The van der Waals surface area contributed by atoms with Crippen LogP contribution in [0.2, 0.25) is 0 Å². The number of nitriles is 1. The van der Waals surface area contributed by atoms with Crippen LogP contribution in [0, 0.1) is 11.3 Å². The molecule has 1 aliphatic rings. The maximum atomic E-state index is 13.0. The smallest absolute Gasteiger partial charge is 0.338 e. The van der Waals surface area contributed by atoms with E-state index in [1.165, 1.54) is 4.68 Å². The molecule has 146 valence electrons. The molecular formula is C22H21N5O2. The molecule has 7 heteroatoms. The Hall–Kier alpha value is -3.66. The Morgan fingerprint density at radius 2 is 1.97 bits per heavy atom. The van der Waals surface area contributed by atoms with Gasteiger partial charge in [-0.25, -0.2) is 14.0 Å². The lowest BCUT2D eigenvalue weighted by atomic mass is 9.96. The summed E-state index contributed by atoms with van der Waals surface area (Å²) < 4.78 is 2.98. The number of carbonyl (C=O) groups excluding carboxylic acids is 1. The third kappa shape index (κ3) is 3.57. The number of hydrogen-bond acceptors (Lipinski definition) is 4. The molecule has 0 spiro atoms. The van der Waals surface area contributed by atoms with E-state index in [9.17, 15) is 9.59 Å². The Labute approximate surface area is 168 Å². The van der Waals surface area contributed by atoms with Crippen molar-refractivity contribution >= 4 is 5.91 Å². The van der Waals surface area contributed by atoms with Gasteiger partial charge in [-0.05, 0) is 43.2 Å². The van der Waals surface area contributed by atoms with Crippen LogP contribution in [0.15, 0.2) is 59.4 Å². The van der Waals surface area contributed by atoms with E-state index in [2.05, 4.69) is 11.2 Å².